The van der Waals surface area contributed by atoms with E-state index in [1.165, 1.54) is 17.0 Å². The Balaban J connectivity index is 2.05. The standard InChI is InChI=1S/C17H22N4O4/c1-2-3-4-5-20-12-18-14-11-15(19-6-8-25-9-7-19)16(21(23)24)10-13(14)17(20)22/h10-12H,2-9H2,1H3. The van der Waals surface area contributed by atoms with Gasteiger partial charge in [-0.25, -0.2) is 4.98 Å². The number of hydrogen-bond donors (Lipinski definition) is 0. The Morgan fingerprint density at radius 2 is 2.04 bits per heavy atom. The lowest BCUT2D eigenvalue weighted by Gasteiger charge is -2.28. The van der Waals surface area contributed by atoms with Gasteiger partial charge in [0.1, 0.15) is 5.69 Å². The lowest BCUT2D eigenvalue weighted by atomic mass is 10.1. The van der Waals surface area contributed by atoms with E-state index in [0.717, 1.165) is 19.3 Å². The third-order valence-electron chi connectivity index (χ3n) is 4.47. The Bertz CT molecular complexity index is 827. The molecule has 0 radical (unpaired) electrons. The fourth-order valence-corrected chi connectivity index (χ4v) is 3.08. The molecule has 25 heavy (non-hydrogen) atoms. The first-order valence-corrected chi connectivity index (χ1v) is 8.62. The van der Waals surface area contributed by atoms with Crippen molar-refractivity contribution >= 4 is 22.3 Å². The van der Waals surface area contributed by atoms with Crippen LogP contribution in [0.3, 0.4) is 0 Å². The maximum Gasteiger partial charge on any atom is 0.293 e. The number of ether oxygens (including phenoxy) is 1. The van der Waals surface area contributed by atoms with Crippen LogP contribution in [0.25, 0.3) is 10.9 Å². The first kappa shape index (κ1) is 17.3. The number of nitro groups is 1. The van der Waals surface area contributed by atoms with Gasteiger partial charge in [0.05, 0.1) is 35.4 Å². The van der Waals surface area contributed by atoms with Crippen LogP contribution >= 0.6 is 0 Å². The van der Waals surface area contributed by atoms with E-state index in [-0.39, 0.29) is 11.2 Å². The van der Waals surface area contributed by atoms with Crippen molar-refractivity contribution in [3.63, 3.8) is 0 Å². The van der Waals surface area contributed by atoms with Crippen LogP contribution in [0, 0.1) is 10.1 Å². The molecule has 2 heterocycles. The van der Waals surface area contributed by atoms with E-state index in [4.69, 9.17) is 4.74 Å². The van der Waals surface area contributed by atoms with Crippen LogP contribution in [0.2, 0.25) is 0 Å². The number of fused-ring (bicyclic) bond motifs is 1. The van der Waals surface area contributed by atoms with Crippen molar-refractivity contribution in [2.75, 3.05) is 31.2 Å². The summed E-state index contributed by atoms with van der Waals surface area (Å²) in [6, 6.07) is 3.02. The molecule has 1 aromatic carbocycles. The van der Waals surface area contributed by atoms with Crippen LogP contribution in [-0.4, -0.2) is 40.8 Å². The minimum atomic E-state index is -0.432. The number of hydrogen-bond acceptors (Lipinski definition) is 6. The van der Waals surface area contributed by atoms with Crippen molar-refractivity contribution in [2.24, 2.45) is 0 Å². The summed E-state index contributed by atoms with van der Waals surface area (Å²) in [5.41, 5.74) is 0.706. The normalized spacial score (nSPS) is 14.8. The van der Waals surface area contributed by atoms with E-state index < -0.39 is 4.92 Å². The van der Waals surface area contributed by atoms with Gasteiger partial charge in [0.15, 0.2) is 0 Å². The molecule has 134 valence electrons. The second kappa shape index (κ2) is 7.60. The van der Waals surface area contributed by atoms with Crippen LogP contribution in [0.15, 0.2) is 23.3 Å². The first-order chi connectivity index (χ1) is 12.1. The highest BCUT2D eigenvalue weighted by molar-refractivity contribution is 5.87. The quantitative estimate of drug-likeness (QED) is 0.453. The highest BCUT2D eigenvalue weighted by Gasteiger charge is 2.23. The number of anilines is 1. The fraction of sp³-hybridized carbons (Fsp3) is 0.529. The topological polar surface area (TPSA) is 90.5 Å². The Labute approximate surface area is 145 Å². The molecule has 0 unspecified atom stereocenters. The van der Waals surface area contributed by atoms with Gasteiger partial charge in [0.25, 0.3) is 11.2 Å². The number of nitro benzene ring substituents is 1. The zero-order valence-electron chi connectivity index (χ0n) is 14.3. The second-order valence-electron chi connectivity index (χ2n) is 6.16. The van der Waals surface area contributed by atoms with Crippen LogP contribution in [-0.2, 0) is 11.3 Å². The van der Waals surface area contributed by atoms with Crippen molar-refractivity contribution < 1.29 is 9.66 Å². The Morgan fingerprint density at radius 1 is 1.28 bits per heavy atom. The molecule has 1 saturated heterocycles. The van der Waals surface area contributed by atoms with Crippen LogP contribution in [0.1, 0.15) is 26.2 Å². The molecule has 0 amide bonds. The maximum absolute atomic E-state index is 12.7. The summed E-state index contributed by atoms with van der Waals surface area (Å²) in [6.45, 7) is 4.90. The summed E-state index contributed by atoms with van der Waals surface area (Å²) in [7, 11) is 0. The summed E-state index contributed by atoms with van der Waals surface area (Å²) in [5.74, 6) is 0. The minimum absolute atomic E-state index is 0.0559. The highest BCUT2D eigenvalue weighted by Crippen LogP contribution is 2.31. The summed E-state index contributed by atoms with van der Waals surface area (Å²) in [4.78, 5) is 30.0. The SMILES string of the molecule is CCCCCn1cnc2cc(N3CCOCC3)c([N+](=O)[O-])cc2c1=O. The van der Waals surface area contributed by atoms with E-state index in [2.05, 4.69) is 11.9 Å². The van der Waals surface area contributed by atoms with Crippen molar-refractivity contribution in [3.05, 3.63) is 38.9 Å². The number of aryl methyl sites for hydroxylation is 1. The van der Waals surface area contributed by atoms with Gasteiger partial charge in [-0.3, -0.25) is 19.5 Å². The molecule has 0 aliphatic carbocycles. The molecule has 1 aliphatic rings. The van der Waals surface area contributed by atoms with E-state index in [9.17, 15) is 14.9 Å². The predicted molar refractivity (Wildman–Crippen MR) is 95.2 cm³/mol. The molecule has 1 aliphatic heterocycles. The Morgan fingerprint density at radius 3 is 2.72 bits per heavy atom. The van der Waals surface area contributed by atoms with Gasteiger partial charge in [0.2, 0.25) is 0 Å². The molecular weight excluding hydrogens is 324 g/mol. The van der Waals surface area contributed by atoms with Crippen molar-refractivity contribution in [3.8, 4) is 0 Å². The molecule has 0 saturated carbocycles. The van der Waals surface area contributed by atoms with Gasteiger partial charge in [-0.15, -0.1) is 0 Å². The zero-order chi connectivity index (χ0) is 17.8. The first-order valence-electron chi connectivity index (χ1n) is 8.62. The fourth-order valence-electron chi connectivity index (χ4n) is 3.08. The molecule has 2 aromatic rings. The van der Waals surface area contributed by atoms with E-state index >= 15 is 0 Å². The Kier molecular flexibility index (Phi) is 5.28. The number of morpholine rings is 1. The molecule has 3 rings (SSSR count). The average molecular weight is 346 g/mol. The minimum Gasteiger partial charge on any atom is -0.378 e. The smallest absolute Gasteiger partial charge is 0.293 e. The molecule has 0 spiro atoms. The number of benzene rings is 1. The molecule has 1 aromatic heterocycles. The van der Waals surface area contributed by atoms with E-state index in [1.54, 1.807) is 6.07 Å². The van der Waals surface area contributed by atoms with Gasteiger partial charge in [-0.05, 0) is 12.5 Å². The number of nitrogens with zero attached hydrogens (tertiary/aromatic N) is 4. The molecule has 0 N–H and O–H groups in total. The zero-order valence-corrected chi connectivity index (χ0v) is 14.3. The van der Waals surface area contributed by atoms with Gasteiger partial charge < -0.3 is 9.64 Å². The molecule has 8 heteroatoms. The van der Waals surface area contributed by atoms with Crippen molar-refractivity contribution in [2.45, 2.75) is 32.7 Å². The average Bonchev–Trinajstić information content (AvgIpc) is 2.63. The molecule has 8 nitrogen and oxygen atoms in total. The predicted octanol–water partition coefficient (Wildman–Crippen LogP) is 2.33. The molecule has 0 atom stereocenters. The van der Waals surface area contributed by atoms with Crippen molar-refractivity contribution in [1.29, 1.82) is 0 Å². The second-order valence-corrected chi connectivity index (χ2v) is 6.16. The highest BCUT2D eigenvalue weighted by atomic mass is 16.6. The summed E-state index contributed by atoms with van der Waals surface area (Å²) in [5, 5.41) is 11.8. The lowest BCUT2D eigenvalue weighted by Crippen LogP contribution is -2.36. The van der Waals surface area contributed by atoms with Crippen LogP contribution < -0.4 is 10.5 Å². The molecule has 1 fully saturated rings. The summed E-state index contributed by atoms with van der Waals surface area (Å²) < 4.78 is 6.85. The van der Waals surface area contributed by atoms with E-state index in [1.807, 2.05) is 4.90 Å². The van der Waals surface area contributed by atoms with Crippen LogP contribution in [0.5, 0.6) is 0 Å². The largest absolute Gasteiger partial charge is 0.378 e. The van der Waals surface area contributed by atoms with Gasteiger partial charge in [-0.1, -0.05) is 19.8 Å². The number of unbranched alkanes of at least 4 members (excludes halogenated alkanes) is 2. The number of aromatic nitrogens is 2. The van der Waals surface area contributed by atoms with Crippen molar-refractivity contribution in [1.82, 2.24) is 9.55 Å². The monoisotopic (exact) mass is 346 g/mol. The third kappa shape index (κ3) is 3.63. The van der Waals surface area contributed by atoms with Gasteiger partial charge in [-0.2, -0.15) is 0 Å². The molecule has 0 bridgehead atoms. The third-order valence-corrected chi connectivity index (χ3v) is 4.47. The van der Waals surface area contributed by atoms with Gasteiger partial charge >= 0.3 is 0 Å². The lowest BCUT2D eigenvalue weighted by molar-refractivity contribution is -0.384. The van der Waals surface area contributed by atoms with Gasteiger partial charge in [0, 0.05) is 25.7 Å². The maximum atomic E-state index is 12.7. The summed E-state index contributed by atoms with van der Waals surface area (Å²) in [6.07, 6.45) is 4.51. The Hall–Kier alpha value is -2.48. The molecular formula is C17H22N4O4. The summed E-state index contributed by atoms with van der Waals surface area (Å²) >= 11 is 0. The van der Waals surface area contributed by atoms with E-state index in [0.29, 0.717) is 49.4 Å². The number of rotatable bonds is 6. The van der Waals surface area contributed by atoms with Crippen LogP contribution in [0.4, 0.5) is 11.4 Å².